The number of hydrogen-bond acceptors (Lipinski definition) is 4. The summed E-state index contributed by atoms with van der Waals surface area (Å²) in [5.41, 5.74) is 18.9. The summed E-state index contributed by atoms with van der Waals surface area (Å²) in [5.74, 6) is 0.664. The molecular formula is C84H49BN4. The van der Waals surface area contributed by atoms with E-state index in [1.807, 2.05) is 0 Å². The number of hydrogen-bond donors (Lipinski definition) is 0. The highest BCUT2D eigenvalue weighted by Gasteiger charge is 2.46. The van der Waals surface area contributed by atoms with E-state index in [9.17, 15) is 0 Å². The minimum absolute atomic E-state index is 0.238. The molecule has 0 N–H and O–H groups in total. The Kier molecular flexibility index (Phi) is 10.1. The van der Waals surface area contributed by atoms with Gasteiger partial charge in [0.15, 0.2) is 5.82 Å². The first kappa shape index (κ1) is 48.6. The van der Waals surface area contributed by atoms with Crippen LogP contribution in [-0.2, 0) is 0 Å². The Morgan fingerprint density at radius 3 is 1.10 bits per heavy atom. The van der Waals surface area contributed by atoms with Crippen molar-refractivity contribution >= 4 is 154 Å². The van der Waals surface area contributed by atoms with Gasteiger partial charge in [-0.2, -0.15) is 0 Å². The number of anilines is 6. The largest absolute Gasteiger partial charge is 0.311 e. The zero-order valence-electron chi connectivity index (χ0n) is 48.2. The normalized spacial score (nSPS) is 12.9. The van der Waals surface area contributed by atoms with Crippen molar-refractivity contribution in [3.05, 3.63) is 297 Å². The lowest BCUT2D eigenvalue weighted by Crippen LogP contribution is -2.61. The quantitative estimate of drug-likeness (QED) is 0.0944. The molecule has 2 aliphatic rings. The van der Waals surface area contributed by atoms with Gasteiger partial charge in [-0.1, -0.05) is 255 Å². The number of rotatable bonds is 6. The molecule has 5 heteroatoms. The molecule has 0 amide bonds. The van der Waals surface area contributed by atoms with Crippen molar-refractivity contribution < 1.29 is 0 Å². The summed E-state index contributed by atoms with van der Waals surface area (Å²) >= 11 is 0. The highest BCUT2D eigenvalue weighted by atomic mass is 15.2. The Labute approximate surface area is 513 Å². The molecule has 0 aliphatic carbocycles. The van der Waals surface area contributed by atoms with Gasteiger partial charge in [-0.25, -0.2) is 9.97 Å². The van der Waals surface area contributed by atoms with Crippen molar-refractivity contribution in [2.45, 2.75) is 0 Å². The SMILES string of the molecule is c1ccc(-c2ccc(N3c4cc(-c5nc(-c6ccccc6)c6ccccc6n5)cc5c4B(c4cc6c7cccc8cccc(c9cccc(c43)c96)c87)c3cc4c6cccc7cccc(c8cccc(c3N5c3ccc(-c5ccccc5)cc3)c84)c76)cc2)cc1. The average Bonchev–Trinajstić information content (AvgIpc) is 0.722. The van der Waals surface area contributed by atoms with E-state index in [1.165, 1.54) is 125 Å². The van der Waals surface area contributed by atoms with Gasteiger partial charge >= 0.3 is 0 Å². The second kappa shape index (κ2) is 18.4. The molecule has 1 aromatic heterocycles. The lowest BCUT2D eigenvalue weighted by Gasteiger charge is -2.45. The van der Waals surface area contributed by atoms with Gasteiger partial charge < -0.3 is 9.80 Å². The number of aromatic nitrogens is 2. The van der Waals surface area contributed by atoms with E-state index in [1.54, 1.807) is 0 Å². The summed E-state index contributed by atoms with van der Waals surface area (Å²) < 4.78 is 0. The molecule has 0 saturated heterocycles. The van der Waals surface area contributed by atoms with E-state index in [2.05, 4.69) is 307 Å². The van der Waals surface area contributed by atoms with Gasteiger partial charge in [0.05, 0.1) is 11.2 Å². The van der Waals surface area contributed by atoms with Crippen LogP contribution >= 0.6 is 0 Å². The fourth-order valence-corrected chi connectivity index (χ4v) is 15.9. The van der Waals surface area contributed by atoms with Crippen molar-refractivity contribution in [3.8, 4) is 44.9 Å². The predicted octanol–water partition coefficient (Wildman–Crippen LogP) is 20.5. The Balaban J connectivity index is 0.979. The van der Waals surface area contributed by atoms with E-state index in [-0.39, 0.29) is 6.71 Å². The number of para-hydroxylation sites is 1. The maximum Gasteiger partial charge on any atom is 0.252 e. The molecule has 0 fully saturated rings. The van der Waals surface area contributed by atoms with Crippen LogP contribution in [0.2, 0.25) is 0 Å². The van der Waals surface area contributed by atoms with Gasteiger partial charge in [0.1, 0.15) is 0 Å². The van der Waals surface area contributed by atoms with Gasteiger partial charge in [0, 0.05) is 61.4 Å². The molecule has 2 aliphatic heterocycles. The van der Waals surface area contributed by atoms with Crippen LogP contribution in [0.15, 0.2) is 297 Å². The summed E-state index contributed by atoms with van der Waals surface area (Å²) in [4.78, 5) is 16.5. The van der Waals surface area contributed by atoms with Crippen LogP contribution < -0.4 is 26.2 Å². The van der Waals surface area contributed by atoms with Gasteiger partial charge in [0.2, 0.25) is 0 Å². The highest BCUT2D eigenvalue weighted by Crippen LogP contribution is 2.53. The first-order valence-corrected chi connectivity index (χ1v) is 30.8. The van der Waals surface area contributed by atoms with E-state index in [4.69, 9.17) is 9.97 Å². The molecule has 20 rings (SSSR count). The monoisotopic (exact) mass is 1120 g/mol. The Hall–Kier alpha value is -11.7. The summed E-state index contributed by atoms with van der Waals surface area (Å²) in [6.45, 7) is -0.238. The molecule has 0 unspecified atom stereocenters. The van der Waals surface area contributed by atoms with Gasteiger partial charge in [-0.3, -0.25) is 0 Å². The minimum atomic E-state index is -0.238. The van der Waals surface area contributed by atoms with E-state index in [0.717, 1.165) is 61.6 Å². The van der Waals surface area contributed by atoms with E-state index in [0.29, 0.717) is 5.82 Å². The Bertz CT molecular complexity index is 5650. The van der Waals surface area contributed by atoms with Gasteiger partial charge in [-0.15, -0.1) is 0 Å². The maximum atomic E-state index is 5.69. The van der Waals surface area contributed by atoms with Crippen LogP contribution in [0.25, 0.3) is 142 Å². The molecule has 0 radical (unpaired) electrons. The zero-order chi connectivity index (χ0) is 58.0. The van der Waals surface area contributed by atoms with Crippen LogP contribution in [0.3, 0.4) is 0 Å². The zero-order valence-corrected chi connectivity index (χ0v) is 48.2. The topological polar surface area (TPSA) is 32.3 Å². The van der Waals surface area contributed by atoms with Crippen LogP contribution in [0.4, 0.5) is 34.1 Å². The fraction of sp³-hybridized carbons (Fsp3) is 0. The Morgan fingerprint density at radius 1 is 0.258 bits per heavy atom. The lowest BCUT2D eigenvalue weighted by atomic mass is 9.33. The molecule has 17 aromatic carbocycles. The third-order valence-electron chi connectivity index (χ3n) is 19.6. The molecule has 3 heterocycles. The third-order valence-corrected chi connectivity index (χ3v) is 19.6. The number of fused-ring (bicyclic) bond motifs is 11. The van der Waals surface area contributed by atoms with E-state index < -0.39 is 0 Å². The van der Waals surface area contributed by atoms with Crippen LogP contribution in [-0.4, -0.2) is 16.7 Å². The molecule has 89 heavy (non-hydrogen) atoms. The number of benzene rings is 17. The summed E-state index contributed by atoms with van der Waals surface area (Å²) in [7, 11) is 0. The molecule has 4 nitrogen and oxygen atoms in total. The summed E-state index contributed by atoms with van der Waals surface area (Å²) in [5, 5.41) is 21.2. The molecule has 0 atom stereocenters. The Morgan fingerprint density at radius 2 is 0.629 bits per heavy atom. The molecule has 18 aromatic rings. The van der Waals surface area contributed by atoms with Crippen LogP contribution in [0.1, 0.15) is 0 Å². The maximum absolute atomic E-state index is 5.69. The minimum Gasteiger partial charge on any atom is -0.311 e. The van der Waals surface area contributed by atoms with E-state index >= 15 is 0 Å². The van der Waals surface area contributed by atoms with Crippen LogP contribution in [0, 0.1) is 0 Å². The second-order valence-electron chi connectivity index (χ2n) is 24.2. The van der Waals surface area contributed by atoms with Crippen molar-refractivity contribution in [2.24, 2.45) is 0 Å². The molecule has 408 valence electrons. The van der Waals surface area contributed by atoms with Crippen molar-refractivity contribution in [1.29, 1.82) is 0 Å². The van der Waals surface area contributed by atoms with Gasteiger partial charge in [0.25, 0.3) is 6.71 Å². The van der Waals surface area contributed by atoms with Crippen molar-refractivity contribution in [2.75, 3.05) is 9.80 Å². The predicted molar refractivity (Wildman–Crippen MR) is 378 cm³/mol. The molecular weight excluding hydrogens is 1080 g/mol. The highest BCUT2D eigenvalue weighted by molar-refractivity contribution is 7.01. The average molecular weight is 1130 g/mol. The summed E-state index contributed by atoms with van der Waals surface area (Å²) in [6, 6.07) is 111. The lowest BCUT2D eigenvalue weighted by molar-refractivity contribution is 1.21. The second-order valence-corrected chi connectivity index (χ2v) is 24.2. The summed E-state index contributed by atoms with van der Waals surface area (Å²) in [6.07, 6.45) is 0. The van der Waals surface area contributed by atoms with Crippen molar-refractivity contribution in [3.63, 3.8) is 0 Å². The number of nitrogens with zero attached hydrogens (tertiary/aromatic N) is 4. The van der Waals surface area contributed by atoms with Crippen LogP contribution in [0.5, 0.6) is 0 Å². The smallest absolute Gasteiger partial charge is 0.252 e. The third kappa shape index (κ3) is 6.90. The fourth-order valence-electron chi connectivity index (χ4n) is 15.9. The molecule has 0 spiro atoms. The first-order valence-electron chi connectivity index (χ1n) is 30.8. The first-order chi connectivity index (χ1) is 44.2. The standard InChI is InChI=1S/C84H49BN4/c1-4-18-50(19-5-1)52-38-42-58(43-39-52)88-74-46-57(84-86-73-37-11-10-28-66(73)81(87-84)56-22-8-3-9-23-56)47-75-80(74)85(71-48-69-64-31-14-26-54-24-12-29-60(76(54)64)62-33-16-35-67(78(62)69)82(71)88)72-49-70-65-32-15-27-55-25-13-30-61(77(55)65)63-34-17-36-68(79(63)70)83(72)89(75)59-44-40-53(41-45-59)51-20-6-2-7-21-51/h1-49H. The molecule has 0 saturated carbocycles. The van der Waals surface area contributed by atoms with Crippen molar-refractivity contribution in [1.82, 2.24) is 9.97 Å². The molecule has 0 bridgehead atoms. The van der Waals surface area contributed by atoms with Gasteiger partial charge in [-0.05, 0) is 157 Å².